The Morgan fingerprint density at radius 2 is 1.75 bits per heavy atom. The van der Waals surface area contributed by atoms with Gasteiger partial charge in [0.1, 0.15) is 24.5 Å². The van der Waals surface area contributed by atoms with Gasteiger partial charge in [-0.2, -0.15) is 0 Å². The number of hydrogen-bond donors (Lipinski definition) is 5. The Morgan fingerprint density at radius 3 is 2.06 bits per heavy atom. The third-order valence-corrected chi connectivity index (χ3v) is 2.08. The van der Waals surface area contributed by atoms with Gasteiger partial charge in [0.15, 0.2) is 6.10 Å². The molecule has 16 heavy (non-hydrogen) atoms. The van der Waals surface area contributed by atoms with E-state index in [4.69, 9.17) is 5.11 Å². The molecule has 0 aliphatic heterocycles. The average molecular weight is 251 g/mol. The van der Waals surface area contributed by atoms with Crippen LogP contribution in [0.5, 0.6) is 0 Å². The minimum absolute atomic E-state index is 0.186. The van der Waals surface area contributed by atoms with Crippen LogP contribution in [0.4, 0.5) is 0 Å². The van der Waals surface area contributed by atoms with Crippen molar-refractivity contribution in [1.29, 1.82) is 0 Å². The lowest BCUT2D eigenvalue weighted by atomic mass is 10.0. The lowest BCUT2D eigenvalue weighted by Crippen LogP contribution is -2.53. The number of thiol groups is 1. The molecule has 8 heteroatoms. The third kappa shape index (κ3) is 4.27. The quantitative estimate of drug-likeness (QED) is 0.257. The molecule has 1 amide bonds. The standard InChI is InChI=1S/C8H13NO6S/c1-3(11)9-4(2-10)5(12)6(13)7(14)8(15)16/h2,4-7,12-14H,1H3,(H,9,11)(H,15,16)/t4-,5+,6-,7-/m0/s1. The molecular formula is C8H13NO6S. The number of carbonyl (C=O) groups excluding carboxylic acids is 3. The Hall–Kier alpha value is -0.960. The van der Waals surface area contributed by atoms with Crippen LogP contribution >= 0.6 is 12.6 Å². The van der Waals surface area contributed by atoms with E-state index in [1.54, 1.807) is 0 Å². The second-order valence-electron chi connectivity index (χ2n) is 3.13. The molecule has 0 aromatic rings. The van der Waals surface area contributed by atoms with Crippen LogP contribution in [0, 0.1) is 0 Å². The number of aliphatic hydroxyl groups excluding tert-OH is 3. The summed E-state index contributed by atoms with van der Waals surface area (Å²) in [6, 6.07) is -1.41. The molecule has 0 aliphatic carbocycles. The van der Waals surface area contributed by atoms with Crippen molar-refractivity contribution < 1.29 is 29.7 Å². The molecule has 0 aromatic heterocycles. The van der Waals surface area contributed by atoms with Crippen LogP contribution in [0.25, 0.3) is 0 Å². The van der Waals surface area contributed by atoms with Crippen molar-refractivity contribution in [2.24, 2.45) is 0 Å². The molecule has 0 saturated carbocycles. The summed E-state index contributed by atoms with van der Waals surface area (Å²) in [5.74, 6) is -0.602. The Bertz CT molecular complexity index is 284. The van der Waals surface area contributed by atoms with E-state index in [1.165, 1.54) is 0 Å². The molecule has 4 N–H and O–H groups in total. The third-order valence-electron chi connectivity index (χ3n) is 1.81. The van der Waals surface area contributed by atoms with E-state index >= 15 is 0 Å². The predicted octanol–water partition coefficient (Wildman–Crippen LogP) is -2.77. The summed E-state index contributed by atoms with van der Waals surface area (Å²) in [7, 11) is 0. The van der Waals surface area contributed by atoms with E-state index < -0.39 is 35.4 Å². The first-order chi connectivity index (χ1) is 7.31. The second kappa shape index (κ2) is 6.59. The van der Waals surface area contributed by atoms with Crippen LogP contribution in [-0.4, -0.2) is 57.0 Å². The maximum Gasteiger partial charge on any atom is 0.217 e. The predicted molar refractivity (Wildman–Crippen MR) is 55.7 cm³/mol. The number of nitrogens with one attached hydrogen (secondary N) is 1. The highest BCUT2D eigenvalue weighted by molar-refractivity contribution is 7.96. The molecule has 0 radical (unpaired) electrons. The van der Waals surface area contributed by atoms with Crippen molar-refractivity contribution in [1.82, 2.24) is 5.32 Å². The molecule has 7 nitrogen and oxygen atoms in total. The maximum atomic E-state index is 10.6. The molecule has 0 bridgehead atoms. The Balaban J connectivity index is 4.60. The summed E-state index contributed by atoms with van der Waals surface area (Å²) >= 11 is 3.26. The van der Waals surface area contributed by atoms with Crippen LogP contribution in [-0.2, 0) is 14.4 Å². The van der Waals surface area contributed by atoms with Gasteiger partial charge in [-0.15, -0.1) is 12.6 Å². The van der Waals surface area contributed by atoms with Gasteiger partial charge in [0, 0.05) is 6.92 Å². The van der Waals surface area contributed by atoms with Gasteiger partial charge in [-0.05, 0) is 0 Å². The normalized spacial score (nSPS) is 18.1. The first-order valence-electron chi connectivity index (χ1n) is 4.30. The van der Waals surface area contributed by atoms with Crippen LogP contribution in [0.1, 0.15) is 6.92 Å². The van der Waals surface area contributed by atoms with Crippen molar-refractivity contribution in [2.45, 2.75) is 31.3 Å². The van der Waals surface area contributed by atoms with Crippen LogP contribution < -0.4 is 5.32 Å². The highest BCUT2D eigenvalue weighted by Crippen LogP contribution is 2.06. The Morgan fingerprint density at radius 1 is 1.25 bits per heavy atom. The lowest BCUT2D eigenvalue weighted by molar-refractivity contribution is -0.135. The SMILES string of the molecule is CC(=O)N[C@@H](C=O)[C@@H](O)[C@H](O)[C@H](O)C(=O)S. The minimum atomic E-state index is -1.94. The van der Waals surface area contributed by atoms with Crippen molar-refractivity contribution in [3.05, 3.63) is 0 Å². The van der Waals surface area contributed by atoms with Crippen LogP contribution in [0.15, 0.2) is 0 Å². The zero-order valence-corrected chi connectivity index (χ0v) is 9.29. The Labute approximate surface area is 96.9 Å². The van der Waals surface area contributed by atoms with Gasteiger partial charge in [-0.3, -0.25) is 9.59 Å². The monoisotopic (exact) mass is 251 g/mol. The van der Waals surface area contributed by atoms with Gasteiger partial charge in [0.05, 0.1) is 0 Å². The molecular weight excluding hydrogens is 238 g/mol. The largest absolute Gasteiger partial charge is 0.388 e. The van der Waals surface area contributed by atoms with Gasteiger partial charge < -0.3 is 25.4 Å². The lowest BCUT2D eigenvalue weighted by Gasteiger charge is -2.25. The summed E-state index contributed by atoms with van der Waals surface area (Å²) in [5, 5.41) is 28.8. The maximum absolute atomic E-state index is 10.6. The molecule has 4 atom stereocenters. The first kappa shape index (κ1) is 15.0. The van der Waals surface area contributed by atoms with Crippen LogP contribution in [0.3, 0.4) is 0 Å². The fourth-order valence-electron chi connectivity index (χ4n) is 0.980. The molecule has 0 unspecified atom stereocenters. The zero-order valence-electron chi connectivity index (χ0n) is 8.40. The van der Waals surface area contributed by atoms with E-state index in [-0.39, 0.29) is 6.29 Å². The van der Waals surface area contributed by atoms with E-state index in [0.29, 0.717) is 0 Å². The molecule has 0 aliphatic rings. The van der Waals surface area contributed by atoms with Gasteiger partial charge in [0.25, 0.3) is 0 Å². The average Bonchev–Trinajstić information content (AvgIpc) is 2.22. The fourth-order valence-corrected chi connectivity index (χ4v) is 1.13. The number of amides is 1. The number of aldehydes is 1. The summed E-state index contributed by atoms with van der Waals surface area (Å²) in [5.41, 5.74) is 0. The van der Waals surface area contributed by atoms with Gasteiger partial charge >= 0.3 is 0 Å². The first-order valence-corrected chi connectivity index (χ1v) is 4.75. The Kier molecular flexibility index (Phi) is 6.19. The summed E-state index contributed by atoms with van der Waals surface area (Å²) < 4.78 is 0. The van der Waals surface area contributed by atoms with Crippen LogP contribution in [0.2, 0.25) is 0 Å². The molecule has 0 rings (SSSR count). The number of aliphatic hydroxyl groups is 3. The highest BCUT2D eigenvalue weighted by atomic mass is 32.1. The van der Waals surface area contributed by atoms with Gasteiger partial charge in [-0.25, -0.2) is 0 Å². The number of hydrogen-bond acceptors (Lipinski definition) is 6. The molecule has 0 spiro atoms. The van der Waals surface area contributed by atoms with E-state index in [9.17, 15) is 24.6 Å². The van der Waals surface area contributed by atoms with Crippen molar-refractivity contribution in [3.8, 4) is 0 Å². The fraction of sp³-hybridized carbons (Fsp3) is 0.625. The molecule has 0 aromatic carbocycles. The summed E-state index contributed by atoms with van der Waals surface area (Å²) in [4.78, 5) is 31.7. The van der Waals surface area contributed by atoms with E-state index in [1.807, 2.05) is 5.32 Å². The highest BCUT2D eigenvalue weighted by Gasteiger charge is 2.34. The van der Waals surface area contributed by atoms with E-state index in [0.717, 1.165) is 6.92 Å². The van der Waals surface area contributed by atoms with E-state index in [2.05, 4.69) is 12.6 Å². The number of rotatable bonds is 6. The second-order valence-corrected chi connectivity index (χ2v) is 3.57. The molecule has 92 valence electrons. The minimum Gasteiger partial charge on any atom is -0.388 e. The van der Waals surface area contributed by atoms with Crippen molar-refractivity contribution >= 4 is 29.9 Å². The smallest absolute Gasteiger partial charge is 0.217 e. The zero-order chi connectivity index (χ0) is 12.9. The van der Waals surface area contributed by atoms with Crippen molar-refractivity contribution in [2.75, 3.05) is 0 Å². The van der Waals surface area contributed by atoms with Crippen molar-refractivity contribution in [3.63, 3.8) is 0 Å². The topological polar surface area (TPSA) is 124 Å². The van der Waals surface area contributed by atoms with Gasteiger partial charge in [-0.1, -0.05) is 0 Å². The summed E-state index contributed by atoms with van der Waals surface area (Å²) in [6.07, 6.45) is -5.46. The molecule has 0 heterocycles. The summed E-state index contributed by atoms with van der Waals surface area (Å²) in [6.45, 7) is 1.11. The van der Waals surface area contributed by atoms with Gasteiger partial charge in [0.2, 0.25) is 11.0 Å². The molecule has 0 fully saturated rings. The molecule has 0 saturated heterocycles. The number of carbonyl (C=O) groups is 3.